The van der Waals surface area contributed by atoms with E-state index in [1.54, 1.807) is 0 Å². The van der Waals surface area contributed by atoms with Crippen molar-refractivity contribution < 1.29 is 8.98 Å². The molecule has 0 aliphatic heterocycles. The Morgan fingerprint density at radius 2 is 2.50 bits per heavy atom. The van der Waals surface area contributed by atoms with Crippen LogP contribution >= 0.6 is 31.8 Å². The summed E-state index contributed by atoms with van der Waals surface area (Å²) in [6.07, 6.45) is 0. The van der Waals surface area contributed by atoms with Crippen LogP contribution in [0.2, 0.25) is 0 Å². The maximum Gasteiger partial charge on any atom is 0.306 e. The van der Waals surface area contributed by atoms with Crippen molar-refractivity contribution in [3.63, 3.8) is 0 Å². The molecule has 0 aliphatic rings. The zero-order chi connectivity index (χ0) is 4.83. The van der Waals surface area contributed by atoms with Crippen molar-refractivity contribution in [3.8, 4) is 0 Å². The van der Waals surface area contributed by atoms with Crippen LogP contribution in [0.3, 0.4) is 0 Å². The van der Waals surface area contributed by atoms with E-state index < -0.39 is 0 Å². The first-order valence-electron chi connectivity index (χ1n) is 0.959. The summed E-state index contributed by atoms with van der Waals surface area (Å²) in [6.45, 7) is 0.319. The first-order chi connectivity index (χ1) is 2.91. The standard InChI is InChI=1S/CHClO2S2/c2-5-6-4-1-3/h1H. The van der Waals surface area contributed by atoms with Crippen LogP contribution < -0.4 is 0 Å². The number of rotatable bonds is 3. The lowest BCUT2D eigenvalue weighted by atomic mass is 11.7. The zero-order valence-electron chi connectivity index (χ0n) is 2.59. The molecule has 0 saturated carbocycles. The van der Waals surface area contributed by atoms with Crippen molar-refractivity contribution in [2.45, 2.75) is 0 Å². The average Bonchev–Trinajstić information content (AvgIpc) is 1.61. The molecule has 0 fully saturated rings. The summed E-state index contributed by atoms with van der Waals surface area (Å²) in [5.41, 5.74) is 0. The number of hydrogen-bond donors (Lipinski definition) is 0. The molecule has 0 heterocycles. The fourth-order valence-electron chi connectivity index (χ4n) is 0.0309. The Bertz CT molecular complexity index is 40.5. The van der Waals surface area contributed by atoms with Gasteiger partial charge in [-0.1, -0.05) is 0 Å². The van der Waals surface area contributed by atoms with Gasteiger partial charge >= 0.3 is 6.47 Å². The van der Waals surface area contributed by atoms with Gasteiger partial charge in [0.1, 0.15) is 11.1 Å². The van der Waals surface area contributed by atoms with Crippen LogP contribution in [0.25, 0.3) is 0 Å². The Balaban J connectivity index is 2.49. The van der Waals surface area contributed by atoms with Gasteiger partial charge in [-0.05, 0) is 10.7 Å². The molecule has 0 radical (unpaired) electrons. The summed E-state index contributed by atoms with van der Waals surface area (Å²) in [7, 11) is 5.84. The first-order valence-corrected chi connectivity index (χ1v) is 3.86. The van der Waals surface area contributed by atoms with Crippen molar-refractivity contribution in [2.75, 3.05) is 0 Å². The van der Waals surface area contributed by atoms with Crippen LogP contribution in [-0.2, 0) is 8.98 Å². The molecule has 0 N–H and O–H groups in total. The molecular formula is CHClO2S2. The summed E-state index contributed by atoms with van der Waals surface area (Å²) in [4.78, 5) is 9.25. The summed E-state index contributed by atoms with van der Waals surface area (Å²) in [5.74, 6) is 0. The lowest BCUT2D eigenvalue weighted by molar-refractivity contribution is -0.119. The molecule has 0 aromatic heterocycles. The van der Waals surface area contributed by atoms with Crippen molar-refractivity contribution in [1.82, 2.24) is 0 Å². The van der Waals surface area contributed by atoms with Crippen LogP contribution in [0.4, 0.5) is 0 Å². The van der Waals surface area contributed by atoms with Gasteiger partial charge in [-0.25, -0.2) is 0 Å². The highest BCUT2D eigenvalue weighted by Crippen LogP contribution is 2.24. The molecular weight excluding hydrogens is 144 g/mol. The Labute approximate surface area is 47.7 Å². The molecule has 0 aromatic carbocycles. The highest BCUT2D eigenvalue weighted by atomic mass is 35.7. The van der Waals surface area contributed by atoms with Gasteiger partial charge in [0.05, 0.1) is 10.0 Å². The molecule has 0 amide bonds. The molecule has 6 heavy (non-hydrogen) atoms. The number of carbonyl (C=O) groups excluding carboxylic acids is 1. The van der Waals surface area contributed by atoms with Gasteiger partial charge in [0.2, 0.25) is 0 Å². The van der Waals surface area contributed by atoms with Crippen molar-refractivity contribution >= 4 is 38.2 Å². The summed E-state index contributed by atoms with van der Waals surface area (Å²) < 4.78 is 4.05. The van der Waals surface area contributed by atoms with Crippen LogP contribution in [0.5, 0.6) is 0 Å². The number of carbonyl (C=O) groups is 1. The highest BCUT2D eigenvalue weighted by molar-refractivity contribution is 8.83. The molecule has 0 spiro atoms. The maximum atomic E-state index is 9.25. The topological polar surface area (TPSA) is 26.3 Å². The molecule has 0 aromatic rings. The third kappa shape index (κ3) is 4.46. The van der Waals surface area contributed by atoms with Crippen molar-refractivity contribution in [3.05, 3.63) is 0 Å². The van der Waals surface area contributed by atoms with Crippen LogP contribution in [0.15, 0.2) is 0 Å². The van der Waals surface area contributed by atoms with E-state index in [0.29, 0.717) is 6.47 Å². The molecule has 36 valence electrons. The summed E-state index contributed by atoms with van der Waals surface area (Å²) in [5, 5.41) is 0. The fourth-order valence-corrected chi connectivity index (χ4v) is 0.545. The van der Waals surface area contributed by atoms with E-state index in [2.05, 4.69) is 4.18 Å². The fraction of sp³-hybridized carbons (Fsp3) is 0. The van der Waals surface area contributed by atoms with E-state index in [1.165, 1.54) is 0 Å². The van der Waals surface area contributed by atoms with Gasteiger partial charge in [-0.2, -0.15) is 0 Å². The van der Waals surface area contributed by atoms with Gasteiger partial charge in [0.25, 0.3) is 0 Å². The van der Waals surface area contributed by atoms with Gasteiger partial charge in [-0.3, -0.25) is 4.79 Å². The van der Waals surface area contributed by atoms with Gasteiger partial charge in [0, 0.05) is 0 Å². The molecule has 0 bridgehead atoms. The third-order valence-electron chi connectivity index (χ3n) is 0.104. The second kappa shape index (κ2) is 5.46. The molecule has 0 atom stereocenters. The average molecular weight is 145 g/mol. The predicted molar refractivity (Wildman–Crippen MR) is 28.2 cm³/mol. The Morgan fingerprint density at radius 1 is 1.83 bits per heavy atom. The highest BCUT2D eigenvalue weighted by Gasteiger charge is 1.77. The van der Waals surface area contributed by atoms with E-state index in [1.807, 2.05) is 0 Å². The van der Waals surface area contributed by atoms with Crippen LogP contribution in [0, 0.1) is 0 Å². The van der Waals surface area contributed by atoms with E-state index in [-0.39, 0.29) is 0 Å². The maximum absolute atomic E-state index is 9.25. The van der Waals surface area contributed by atoms with Crippen LogP contribution in [0.1, 0.15) is 0 Å². The molecule has 5 heteroatoms. The minimum atomic E-state index is 0.319. The zero-order valence-corrected chi connectivity index (χ0v) is 4.98. The first kappa shape index (κ1) is 6.46. The molecule has 0 aliphatic carbocycles. The minimum Gasteiger partial charge on any atom is -0.381 e. The normalized spacial score (nSPS) is 7.50. The largest absolute Gasteiger partial charge is 0.381 e. The molecule has 2 nitrogen and oxygen atoms in total. The van der Waals surface area contributed by atoms with Gasteiger partial charge in [0.15, 0.2) is 0 Å². The van der Waals surface area contributed by atoms with Crippen molar-refractivity contribution in [2.24, 2.45) is 0 Å². The van der Waals surface area contributed by atoms with Gasteiger partial charge < -0.3 is 4.18 Å². The van der Waals surface area contributed by atoms with Crippen LogP contribution in [-0.4, -0.2) is 6.47 Å². The second-order valence-corrected chi connectivity index (χ2v) is 2.70. The quantitative estimate of drug-likeness (QED) is 0.260. The minimum absolute atomic E-state index is 0.319. The number of hydrogen-bond acceptors (Lipinski definition) is 4. The lowest BCUT2D eigenvalue weighted by Crippen LogP contribution is -1.63. The summed E-state index contributed by atoms with van der Waals surface area (Å²) >= 11 is 0.822. The predicted octanol–water partition coefficient (Wildman–Crippen LogP) is 1.61. The molecule has 0 rings (SSSR count). The Kier molecular flexibility index (Phi) is 5.88. The van der Waals surface area contributed by atoms with E-state index in [9.17, 15) is 4.79 Å². The van der Waals surface area contributed by atoms with E-state index in [0.717, 1.165) is 21.1 Å². The summed E-state index contributed by atoms with van der Waals surface area (Å²) in [6, 6.07) is 0. The monoisotopic (exact) mass is 144 g/mol. The molecule has 0 saturated heterocycles. The van der Waals surface area contributed by atoms with E-state index in [4.69, 9.17) is 10.7 Å². The Hall–Kier alpha value is 0.460. The number of halogens is 1. The third-order valence-corrected chi connectivity index (χ3v) is 1.17. The van der Waals surface area contributed by atoms with Gasteiger partial charge in [-0.15, -0.1) is 0 Å². The smallest absolute Gasteiger partial charge is 0.306 e. The Morgan fingerprint density at radius 3 is 2.67 bits per heavy atom. The second-order valence-electron chi connectivity index (χ2n) is 0.323. The lowest BCUT2D eigenvalue weighted by Gasteiger charge is -1.80. The van der Waals surface area contributed by atoms with E-state index >= 15 is 0 Å². The SMILES string of the molecule is O=COSSCl. The molecule has 0 unspecified atom stereocenters. The van der Waals surface area contributed by atoms with Crippen molar-refractivity contribution in [1.29, 1.82) is 0 Å².